The van der Waals surface area contributed by atoms with Crippen molar-refractivity contribution in [3.63, 3.8) is 0 Å². The van der Waals surface area contributed by atoms with Crippen molar-refractivity contribution in [3.05, 3.63) is 0 Å². The van der Waals surface area contributed by atoms with Gasteiger partial charge in [0.25, 0.3) is 0 Å². The van der Waals surface area contributed by atoms with Gasteiger partial charge in [-0.1, -0.05) is 27.7 Å². The molecule has 0 aliphatic carbocycles. The lowest BCUT2D eigenvalue weighted by molar-refractivity contribution is -0.0339. The molecular formula is C14H28N2. The van der Waals surface area contributed by atoms with Crippen LogP contribution in [-0.2, 0) is 0 Å². The molecular weight excluding hydrogens is 196 g/mol. The van der Waals surface area contributed by atoms with Crippen molar-refractivity contribution in [2.45, 2.75) is 40.2 Å². The summed E-state index contributed by atoms with van der Waals surface area (Å²) in [4.78, 5) is 5.16. The standard InChI is InChI=1S/C14H28N2/c1-11(2)13-6-7-16(10-14(13,3)4)12-8-15(5)9-12/h11-13H,6-10H2,1-5H3. The normalized spacial score (nSPS) is 33.0. The molecule has 2 aliphatic heterocycles. The molecule has 0 saturated carbocycles. The van der Waals surface area contributed by atoms with Gasteiger partial charge in [-0.05, 0) is 37.3 Å². The Hall–Kier alpha value is -0.0800. The van der Waals surface area contributed by atoms with Crippen molar-refractivity contribution in [3.8, 4) is 0 Å². The van der Waals surface area contributed by atoms with Crippen LogP contribution in [0, 0.1) is 17.3 Å². The van der Waals surface area contributed by atoms with E-state index < -0.39 is 0 Å². The van der Waals surface area contributed by atoms with E-state index in [4.69, 9.17) is 0 Å². The van der Waals surface area contributed by atoms with Crippen LogP contribution in [0.1, 0.15) is 34.1 Å². The SMILES string of the molecule is CC(C)C1CCN(C2CN(C)C2)CC1(C)C. The molecule has 0 N–H and O–H groups in total. The Labute approximate surface area is 101 Å². The summed E-state index contributed by atoms with van der Waals surface area (Å²) in [5, 5.41) is 0. The maximum atomic E-state index is 2.74. The average Bonchev–Trinajstić information content (AvgIpc) is 2.10. The number of likely N-dealkylation sites (tertiary alicyclic amines) is 2. The minimum atomic E-state index is 0.501. The summed E-state index contributed by atoms with van der Waals surface area (Å²) >= 11 is 0. The molecule has 0 bridgehead atoms. The van der Waals surface area contributed by atoms with Gasteiger partial charge in [-0.25, -0.2) is 0 Å². The highest BCUT2D eigenvalue weighted by Gasteiger charge is 2.41. The maximum Gasteiger partial charge on any atom is 0.0350 e. The first-order valence-corrected chi connectivity index (χ1v) is 6.83. The van der Waals surface area contributed by atoms with Crippen LogP contribution in [0.25, 0.3) is 0 Å². The summed E-state index contributed by atoms with van der Waals surface area (Å²) in [6.07, 6.45) is 1.39. The van der Waals surface area contributed by atoms with Gasteiger partial charge in [0.2, 0.25) is 0 Å². The highest BCUT2D eigenvalue weighted by molar-refractivity contribution is 4.94. The molecule has 1 atom stereocenters. The molecule has 0 aromatic carbocycles. The van der Waals surface area contributed by atoms with Crippen LogP contribution in [0.5, 0.6) is 0 Å². The molecule has 2 saturated heterocycles. The van der Waals surface area contributed by atoms with E-state index in [9.17, 15) is 0 Å². The molecule has 16 heavy (non-hydrogen) atoms. The second-order valence-electron chi connectivity index (χ2n) is 6.97. The van der Waals surface area contributed by atoms with Crippen LogP contribution >= 0.6 is 0 Å². The summed E-state index contributed by atoms with van der Waals surface area (Å²) in [5.74, 6) is 1.74. The molecule has 0 aromatic heterocycles. The highest BCUT2D eigenvalue weighted by Crippen LogP contribution is 2.40. The van der Waals surface area contributed by atoms with Crippen molar-refractivity contribution < 1.29 is 0 Å². The van der Waals surface area contributed by atoms with Gasteiger partial charge in [-0.2, -0.15) is 0 Å². The van der Waals surface area contributed by atoms with Gasteiger partial charge in [0, 0.05) is 25.7 Å². The minimum absolute atomic E-state index is 0.501. The molecule has 2 rings (SSSR count). The van der Waals surface area contributed by atoms with E-state index in [1.165, 1.54) is 32.6 Å². The average molecular weight is 224 g/mol. The fourth-order valence-electron chi connectivity index (χ4n) is 3.86. The summed E-state index contributed by atoms with van der Waals surface area (Å²) in [6.45, 7) is 14.9. The summed E-state index contributed by atoms with van der Waals surface area (Å²) in [5.41, 5.74) is 0.501. The van der Waals surface area contributed by atoms with Crippen LogP contribution in [0.4, 0.5) is 0 Å². The summed E-state index contributed by atoms with van der Waals surface area (Å²) < 4.78 is 0. The quantitative estimate of drug-likeness (QED) is 0.710. The third-order valence-electron chi connectivity index (χ3n) is 4.71. The second-order valence-corrected chi connectivity index (χ2v) is 6.97. The first-order chi connectivity index (χ1) is 7.40. The van der Waals surface area contributed by atoms with Gasteiger partial charge >= 0.3 is 0 Å². The Morgan fingerprint density at radius 1 is 1.19 bits per heavy atom. The maximum absolute atomic E-state index is 2.74. The lowest BCUT2D eigenvalue weighted by Gasteiger charge is -2.52. The van der Waals surface area contributed by atoms with Gasteiger partial charge < -0.3 is 4.90 Å². The molecule has 2 heteroatoms. The minimum Gasteiger partial charge on any atom is -0.303 e. The van der Waals surface area contributed by atoms with Crippen LogP contribution < -0.4 is 0 Å². The largest absolute Gasteiger partial charge is 0.303 e. The lowest BCUT2D eigenvalue weighted by Crippen LogP contribution is -2.62. The third kappa shape index (κ3) is 2.28. The van der Waals surface area contributed by atoms with E-state index in [0.29, 0.717) is 5.41 Å². The number of hydrogen-bond acceptors (Lipinski definition) is 2. The second kappa shape index (κ2) is 4.30. The molecule has 0 radical (unpaired) electrons. The molecule has 0 amide bonds. The van der Waals surface area contributed by atoms with Crippen LogP contribution in [0.3, 0.4) is 0 Å². The molecule has 2 heterocycles. The predicted octanol–water partition coefficient (Wildman–Crippen LogP) is 2.30. The molecule has 2 nitrogen and oxygen atoms in total. The number of piperidine rings is 1. The smallest absolute Gasteiger partial charge is 0.0350 e. The molecule has 2 fully saturated rings. The first kappa shape index (κ1) is 12.4. The highest BCUT2D eigenvalue weighted by atomic mass is 15.3. The van der Waals surface area contributed by atoms with E-state index in [2.05, 4.69) is 44.5 Å². The zero-order valence-corrected chi connectivity index (χ0v) is 11.7. The van der Waals surface area contributed by atoms with E-state index in [0.717, 1.165) is 17.9 Å². The number of rotatable bonds is 2. The Morgan fingerprint density at radius 3 is 2.25 bits per heavy atom. The monoisotopic (exact) mass is 224 g/mol. The zero-order valence-electron chi connectivity index (χ0n) is 11.7. The molecule has 2 aliphatic rings. The van der Waals surface area contributed by atoms with Crippen molar-refractivity contribution in [2.75, 3.05) is 33.2 Å². The molecule has 0 spiro atoms. The van der Waals surface area contributed by atoms with Gasteiger partial charge in [-0.3, -0.25) is 4.90 Å². The molecule has 94 valence electrons. The molecule has 0 aromatic rings. The van der Waals surface area contributed by atoms with Crippen molar-refractivity contribution in [1.29, 1.82) is 0 Å². The van der Waals surface area contributed by atoms with E-state index in [-0.39, 0.29) is 0 Å². The Morgan fingerprint density at radius 2 is 1.81 bits per heavy atom. The van der Waals surface area contributed by atoms with Crippen LogP contribution in [0.15, 0.2) is 0 Å². The predicted molar refractivity (Wildman–Crippen MR) is 69.6 cm³/mol. The number of hydrogen-bond donors (Lipinski definition) is 0. The van der Waals surface area contributed by atoms with Crippen molar-refractivity contribution >= 4 is 0 Å². The van der Waals surface area contributed by atoms with Gasteiger partial charge in [0.15, 0.2) is 0 Å². The fraction of sp³-hybridized carbons (Fsp3) is 1.00. The topological polar surface area (TPSA) is 6.48 Å². The summed E-state index contributed by atoms with van der Waals surface area (Å²) in [6, 6.07) is 0.845. The Balaban J connectivity index is 1.94. The van der Waals surface area contributed by atoms with Crippen LogP contribution in [0.2, 0.25) is 0 Å². The fourth-order valence-corrected chi connectivity index (χ4v) is 3.86. The van der Waals surface area contributed by atoms with Gasteiger partial charge in [0.1, 0.15) is 0 Å². The number of nitrogens with zero attached hydrogens (tertiary/aromatic N) is 2. The van der Waals surface area contributed by atoms with Gasteiger partial charge in [0.05, 0.1) is 0 Å². The number of likely N-dealkylation sites (N-methyl/N-ethyl adjacent to an activating group) is 1. The third-order valence-corrected chi connectivity index (χ3v) is 4.71. The Kier molecular flexibility index (Phi) is 3.33. The van der Waals surface area contributed by atoms with E-state index in [1.54, 1.807) is 0 Å². The molecule has 1 unspecified atom stereocenters. The lowest BCUT2D eigenvalue weighted by atomic mass is 9.68. The van der Waals surface area contributed by atoms with Crippen molar-refractivity contribution in [2.24, 2.45) is 17.3 Å². The van der Waals surface area contributed by atoms with Gasteiger partial charge in [-0.15, -0.1) is 0 Å². The van der Waals surface area contributed by atoms with Crippen molar-refractivity contribution in [1.82, 2.24) is 9.80 Å². The Bertz CT molecular complexity index is 241. The summed E-state index contributed by atoms with van der Waals surface area (Å²) in [7, 11) is 2.22. The van der Waals surface area contributed by atoms with Crippen LogP contribution in [-0.4, -0.2) is 49.1 Å². The van der Waals surface area contributed by atoms with E-state index >= 15 is 0 Å². The van der Waals surface area contributed by atoms with E-state index in [1.807, 2.05) is 0 Å². The zero-order chi connectivity index (χ0) is 11.9. The first-order valence-electron chi connectivity index (χ1n) is 6.83.